The summed E-state index contributed by atoms with van der Waals surface area (Å²) in [5.74, 6) is 1.88. The van der Waals surface area contributed by atoms with Gasteiger partial charge in [0, 0.05) is 6.54 Å². The van der Waals surface area contributed by atoms with Gasteiger partial charge in [-0.25, -0.2) is 4.79 Å². The molecule has 1 spiro atoms. The molecule has 3 rings (SSSR count). The van der Waals surface area contributed by atoms with Crippen molar-refractivity contribution in [2.45, 2.75) is 51.1 Å². The number of carbonyl (C=O) groups is 3. The molecule has 2 aliphatic rings. The van der Waals surface area contributed by atoms with Gasteiger partial charge >= 0.3 is 6.03 Å². The van der Waals surface area contributed by atoms with Crippen molar-refractivity contribution in [2.75, 3.05) is 13.1 Å². The van der Waals surface area contributed by atoms with Gasteiger partial charge in [0.25, 0.3) is 5.91 Å². The number of terminal acetylenes is 1. The van der Waals surface area contributed by atoms with Crippen LogP contribution in [0.3, 0.4) is 0 Å². The predicted octanol–water partition coefficient (Wildman–Crippen LogP) is 2.21. The van der Waals surface area contributed by atoms with Gasteiger partial charge in [-0.15, -0.1) is 6.42 Å². The quantitative estimate of drug-likeness (QED) is 0.641. The molecular weight excluding hydrogens is 342 g/mol. The molecule has 1 aliphatic heterocycles. The van der Waals surface area contributed by atoms with Gasteiger partial charge < -0.3 is 10.2 Å². The van der Waals surface area contributed by atoms with E-state index in [4.69, 9.17) is 6.42 Å². The van der Waals surface area contributed by atoms with Gasteiger partial charge in [0.1, 0.15) is 12.1 Å². The van der Waals surface area contributed by atoms with Gasteiger partial charge in [-0.1, -0.05) is 55.0 Å². The largest absolute Gasteiger partial charge is 0.326 e. The number of hydrogen-bond acceptors (Lipinski definition) is 3. The molecule has 0 bridgehead atoms. The van der Waals surface area contributed by atoms with E-state index in [9.17, 15) is 14.4 Å². The van der Waals surface area contributed by atoms with E-state index in [0.29, 0.717) is 19.4 Å². The molecule has 142 valence electrons. The van der Waals surface area contributed by atoms with Crippen LogP contribution >= 0.6 is 0 Å². The first-order valence-corrected chi connectivity index (χ1v) is 9.36. The Morgan fingerprint density at radius 1 is 1.22 bits per heavy atom. The third-order valence-electron chi connectivity index (χ3n) is 5.38. The second-order valence-corrected chi connectivity index (χ2v) is 7.40. The first kappa shape index (κ1) is 19.0. The van der Waals surface area contributed by atoms with E-state index in [-0.39, 0.29) is 24.9 Å². The molecule has 1 heterocycles. The summed E-state index contributed by atoms with van der Waals surface area (Å²) in [5.41, 5.74) is 1.26. The highest BCUT2D eigenvalue weighted by atomic mass is 16.2. The predicted molar refractivity (Wildman–Crippen MR) is 101 cm³/mol. The zero-order valence-corrected chi connectivity index (χ0v) is 15.7. The van der Waals surface area contributed by atoms with Gasteiger partial charge in [-0.3, -0.25) is 14.5 Å². The van der Waals surface area contributed by atoms with Crippen molar-refractivity contribution in [3.05, 3.63) is 35.4 Å². The number of aryl methyl sites for hydroxylation is 1. The highest BCUT2D eigenvalue weighted by Gasteiger charge is 2.51. The van der Waals surface area contributed by atoms with Crippen molar-refractivity contribution in [1.82, 2.24) is 15.1 Å². The van der Waals surface area contributed by atoms with Gasteiger partial charge in [-0.2, -0.15) is 0 Å². The number of benzene rings is 1. The Morgan fingerprint density at radius 2 is 1.89 bits per heavy atom. The number of imide groups is 1. The summed E-state index contributed by atoms with van der Waals surface area (Å²) in [6.45, 7) is 2.19. The Kier molecular flexibility index (Phi) is 5.50. The van der Waals surface area contributed by atoms with E-state index in [0.717, 1.165) is 35.3 Å². The van der Waals surface area contributed by atoms with E-state index < -0.39 is 11.6 Å². The third kappa shape index (κ3) is 3.97. The fraction of sp³-hybridized carbons (Fsp3) is 0.476. The highest BCUT2D eigenvalue weighted by molar-refractivity contribution is 6.09. The number of hydrogen-bond donors (Lipinski definition) is 1. The normalized spacial score (nSPS) is 18.3. The zero-order valence-electron chi connectivity index (χ0n) is 15.7. The molecule has 1 aromatic rings. The summed E-state index contributed by atoms with van der Waals surface area (Å²) in [7, 11) is 0. The third-order valence-corrected chi connectivity index (χ3v) is 5.38. The molecule has 1 saturated heterocycles. The average molecular weight is 367 g/mol. The molecule has 1 aromatic carbocycles. The highest BCUT2D eigenvalue weighted by Crippen LogP contribution is 2.33. The molecule has 6 nitrogen and oxygen atoms in total. The summed E-state index contributed by atoms with van der Waals surface area (Å²) in [4.78, 5) is 40.5. The first-order chi connectivity index (χ1) is 12.9. The minimum Gasteiger partial charge on any atom is -0.326 e. The summed E-state index contributed by atoms with van der Waals surface area (Å²) in [6, 6.07) is 7.34. The topological polar surface area (TPSA) is 69.7 Å². The summed E-state index contributed by atoms with van der Waals surface area (Å²) < 4.78 is 0. The van der Waals surface area contributed by atoms with Crippen molar-refractivity contribution in [3.8, 4) is 12.3 Å². The van der Waals surface area contributed by atoms with Crippen molar-refractivity contribution in [1.29, 1.82) is 0 Å². The van der Waals surface area contributed by atoms with Crippen molar-refractivity contribution in [3.63, 3.8) is 0 Å². The molecule has 0 unspecified atom stereocenters. The fourth-order valence-electron chi connectivity index (χ4n) is 3.81. The molecule has 2 fully saturated rings. The standard InChI is InChI=1S/C21H25N3O3/c1-3-13-23(14-17-9-7-16(2)8-10-17)18(25)15-24-19(26)21(22-20(24)27)11-5-4-6-12-21/h1,7-10H,4-6,11-15H2,2H3,(H,22,27). The average Bonchev–Trinajstić information content (AvgIpc) is 2.87. The van der Waals surface area contributed by atoms with Crippen molar-refractivity contribution < 1.29 is 14.4 Å². The SMILES string of the molecule is C#CCN(Cc1ccc(C)cc1)C(=O)CN1C(=O)NC2(CCCCC2)C1=O. The smallest absolute Gasteiger partial charge is 0.325 e. The molecule has 0 radical (unpaired) electrons. The van der Waals surface area contributed by atoms with Crippen LogP contribution in [0, 0.1) is 19.3 Å². The van der Waals surface area contributed by atoms with E-state index in [1.54, 1.807) is 0 Å². The lowest BCUT2D eigenvalue weighted by Crippen LogP contribution is -2.49. The number of rotatable bonds is 5. The summed E-state index contributed by atoms with van der Waals surface area (Å²) in [6.07, 6.45) is 9.57. The molecular formula is C21H25N3O3. The molecule has 27 heavy (non-hydrogen) atoms. The lowest BCUT2D eigenvalue weighted by Gasteiger charge is -2.30. The van der Waals surface area contributed by atoms with Crippen LogP contribution in [0.2, 0.25) is 0 Å². The maximum Gasteiger partial charge on any atom is 0.325 e. The van der Waals surface area contributed by atoms with Gasteiger partial charge in [0.15, 0.2) is 0 Å². The van der Waals surface area contributed by atoms with Crippen LogP contribution in [0.4, 0.5) is 4.79 Å². The van der Waals surface area contributed by atoms with Crippen LogP contribution in [0.5, 0.6) is 0 Å². The van der Waals surface area contributed by atoms with Crippen molar-refractivity contribution >= 4 is 17.8 Å². The van der Waals surface area contributed by atoms with E-state index >= 15 is 0 Å². The van der Waals surface area contributed by atoms with Gasteiger partial charge in [0.2, 0.25) is 5.91 Å². The Morgan fingerprint density at radius 3 is 2.52 bits per heavy atom. The lowest BCUT2D eigenvalue weighted by atomic mass is 9.82. The Balaban J connectivity index is 1.69. The number of nitrogens with one attached hydrogen (secondary N) is 1. The number of carbonyl (C=O) groups excluding carboxylic acids is 3. The first-order valence-electron chi connectivity index (χ1n) is 9.36. The van der Waals surface area contributed by atoms with Crippen LogP contribution < -0.4 is 5.32 Å². The van der Waals surface area contributed by atoms with E-state index in [1.807, 2.05) is 31.2 Å². The van der Waals surface area contributed by atoms with Crippen LogP contribution in [0.25, 0.3) is 0 Å². The lowest BCUT2D eigenvalue weighted by molar-refractivity contribution is -0.139. The van der Waals surface area contributed by atoms with Crippen LogP contribution in [-0.4, -0.2) is 46.3 Å². The Bertz CT molecular complexity index is 773. The molecule has 1 saturated carbocycles. The van der Waals surface area contributed by atoms with Crippen LogP contribution in [0.1, 0.15) is 43.2 Å². The number of nitrogens with zero attached hydrogens (tertiary/aromatic N) is 2. The Hall–Kier alpha value is -2.81. The second kappa shape index (κ2) is 7.83. The van der Waals surface area contributed by atoms with Crippen molar-refractivity contribution in [2.24, 2.45) is 0 Å². The molecule has 1 N–H and O–H groups in total. The summed E-state index contributed by atoms with van der Waals surface area (Å²) >= 11 is 0. The molecule has 0 aromatic heterocycles. The van der Waals surface area contributed by atoms with E-state index in [1.165, 1.54) is 4.90 Å². The van der Waals surface area contributed by atoms with Crippen LogP contribution in [0.15, 0.2) is 24.3 Å². The summed E-state index contributed by atoms with van der Waals surface area (Å²) in [5, 5.41) is 2.83. The fourth-order valence-corrected chi connectivity index (χ4v) is 3.81. The maximum atomic E-state index is 12.8. The number of urea groups is 1. The maximum absolute atomic E-state index is 12.8. The van der Waals surface area contributed by atoms with Gasteiger partial charge in [0.05, 0.1) is 6.54 Å². The molecule has 1 aliphatic carbocycles. The minimum atomic E-state index is -0.816. The minimum absolute atomic E-state index is 0.126. The number of amides is 4. The van der Waals surface area contributed by atoms with Crippen LogP contribution in [-0.2, 0) is 16.1 Å². The zero-order chi connectivity index (χ0) is 19.4. The molecule has 6 heteroatoms. The monoisotopic (exact) mass is 367 g/mol. The van der Waals surface area contributed by atoms with E-state index in [2.05, 4.69) is 11.2 Å². The Labute approximate surface area is 159 Å². The molecule has 4 amide bonds. The van der Waals surface area contributed by atoms with Gasteiger partial charge in [-0.05, 0) is 25.3 Å². The second-order valence-electron chi connectivity index (χ2n) is 7.40. The molecule has 0 atom stereocenters.